The zero-order valence-corrected chi connectivity index (χ0v) is 23.6. The number of amides is 4. The third kappa shape index (κ3) is 5.62. The number of carbonyl (C=O) groups excluding carboxylic acids is 4. The lowest BCUT2D eigenvalue weighted by molar-refractivity contribution is -0.162. The van der Waals surface area contributed by atoms with Gasteiger partial charge in [0.25, 0.3) is 0 Å². The summed E-state index contributed by atoms with van der Waals surface area (Å²) in [7, 11) is 3.53. The van der Waals surface area contributed by atoms with Crippen LogP contribution in [0.2, 0.25) is 0 Å². The largest absolute Gasteiger partial charge is 0.332 e. The summed E-state index contributed by atoms with van der Waals surface area (Å²) < 4.78 is 0. The number of piperidine rings is 2. The van der Waals surface area contributed by atoms with Gasteiger partial charge in [0.1, 0.15) is 24.2 Å². The van der Waals surface area contributed by atoms with Crippen LogP contribution in [-0.2, 0) is 32.0 Å². The van der Waals surface area contributed by atoms with Gasteiger partial charge < -0.3 is 19.6 Å². The van der Waals surface area contributed by atoms with Crippen molar-refractivity contribution in [2.45, 2.75) is 75.5 Å². The van der Waals surface area contributed by atoms with Gasteiger partial charge in [-0.25, -0.2) is 0 Å². The van der Waals surface area contributed by atoms with Crippen LogP contribution in [0.3, 0.4) is 0 Å². The van der Waals surface area contributed by atoms with Gasteiger partial charge in [-0.3, -0.25) is 19.2 Å². The first-order valence-corrected chi connectivity index (χ1v) is 14.6. The minimum absolute atomic E-state index is 0.102. The Balaban J connectivity index is 0.000000161. The van der Waals surface area contributed by atoms with Crippen LogP contribution in [0.5, 0.6) is 0 Å². The predicted octanol–water partition coefficient (Wildman–Crippen LogP) is 2.90. The van der Waals surface area contributed by atoms with Crippen LogP contribution in [0.25, 0.3) is 0 Å². The second-order valence-electron chi connectivity index (χ2n) is 11.4. The normalized spacial score (nSPS) is 26.6. The van der Waals surface area contributed by atoms with E-state index in [1.165, 1.54) is 0 Å². The summed E-state index contributed by atoms with van der Waals surface area (Å²) in [5, 5.41) is 0. The molecule has 0 radical (unpaired) electrons. The quantitative estimate of drug-likeness (QED) is 0.593. The van der Waals surface area contributed by atoms with E-state index in [2.05, 4.69) is 0 Å². The maximum atomic E-state index is 12.7. The van der Waals surface area contributed by atoms with Crippen molar-refractivity contribution < 1.29 is 19.2 Å². The van der Waals surface area contributed by atoms with Gasteiger partial charge in [-0.15, -0.1) is 0 Å². The van der Waals surface area contributed by atoms with E-state index in [4.69, 9.17) is 0 Å². The van der Waals surface area contributed by atoms with Crippen molar-refractivity contribution in [1.82, 2.24) is 19.6 Å². The lowest BCUT2D eigenvalue weighted by Gasteiger charge is -2.45. The number of carbonyl (C=O) groups is 4. The van der Waals surface area contributed by atoms with E-state index in [0.717, 1.165) is 62.7 Å². The molecule has 40 heavy (non-hydrogen) atoms. The summed E-state index contributed by atoms with van der Waals surface area (Å²) in [4.78, 5) is 57.1. The molecule has 0 spiro atoms. The average molecular weight is 545 g/mol. The number of rotatable bonds is 4. The first kappa shape index (κ1) is 27.9. The van der Waals surface area contributed by atoms with Crippen LogP contribution >= 0.6 is 0 Å². The predicted molar refractivity (Wildman–Crippen MR) is 152 cm³/mol. The summed E-state index contributed by atoms with van der Waals surface area (Å²) in [5.74, 6) is 0.428. The van der Waals surface area contributed by atoms with Gasteiger partial charge >= 0.3 is 0 Å². The number of hydrogen-bond acceptors (Lipinski definition) is 4. The van der Waals surface area contributed by atoms with Crippen molar-refractivity contribution in [2.75, 3.05) is 27.2 Å². The molecule has 212 valence electrons. The Kier molecular flexibility index (Phi) is 8.52. The highest BCUT2D eigenvalue weighted by Crippen LogP contribution is 2.28. The molecular weight excluding hydrogens is 504 g/mol. The Morgan fingerprint density at radius 2 is 0.925 bits per heavy atom. The van der Waals surface area contributed by atoms with E-state index in [9.17, 15) is 19.2 Å². The fourth-order valence-electron chi connectivity index (χ4n) is 6.52. The highest BCUT2D eigenvalue weighted by atomic mass is 16.2. The molecule has 0 aromatic heterocycles. The van der Waals surface area contributed by atoms with E-state index in [1.54, 1.807) is 33.7 Å². The Morgan fingerprint density at radius 3 is 1.30 bits per heavy atom. The minimum Gasteiger partial charge on any atom is -0.332 e. The molecule has 0 bridgehead atoms. The Hall–Kier alpha value is -3.68. The molecule has 0 aliphatic carbocycles. The van der Waals surface area contributed by atoms with E-state index >= 15 is 0 Å². The third-order valence-corrected chi connectivity index (χ3v) is 8.89. The zero-order chi connectivity index (χ0) is 28.2. The molecule has 6 rings (SSSR count). The molecule has 8 nitrogen and oxygen atoms in total. The first-order valence-electron chi connectivity index (χ1n) is 14.6. The summed E-state index contributed by atoms with van der Waals surface area (Å²) >= 11 is 0. The van der Waals surface area contributed by atoms with Crippen LogP contribution in [0.4, 0.5) is 0 Å². The van der Waals surface area contributed by atoms with Crippen LogP contribution in [0, 0.1) is 0 Å². The standard InChI is InChI=1S/2C16H20N2O2/c2*1-17-14(11-12-7-3-2-4-8-12)16(20)18-10-6-5-9-13(18)15(17)19/h2*2-4,7-8,13-14H,5-6,9-11H2,1H3/t2*13-,14-/m00/s1. The fourth-order valence-corrected chi connectivity index (χ4v) is 6.52. The van der Waals surface area contributed by atoms with Crippen molar-refractivity contribution in [1.29, 1.82) is 0 Å². The maximum absolute atomic E-state index is 12.7. The Bertz CT molecular complexity index is 1120. The second kappa shape index (κ2) is 12.2. The maximum Gasteiger partial charge on any atom is 0.246 e. The Morgan fingerprint density at radius 1 is 0.550 bits per heavy atom. The van der Waals surface area contributed by atoms with E-state index in [0.29, 0.717) is 12.8 Å². The minimum atomic E-state index is -0.348. The fraction of sp³-hybridized carbons (Fsp3) is 0.500. The summed E-state index contributed by atoms with van der Waals surface area (Å²) in [5.41, 5.74) is 2.20. The van der Waals surface area contributed by atoms with E-state index in [1.807, 2.05) is 60.7 Å². The molecule has 8 heteroatoms. The molecule has 0 N–H and O–H groups in total. The molecule has 4 saturated heterocycles. The molecule has 4 aliphatic rings. The topological polar surface area (TPSA) is 81.2 Å². The molecule has 2 aromatic rings. The average Bonchev–Trinajstić information content (AvgIpc) is 3.00. The lowest BCUT2D eigenvalue weighted by Crippen LogP contribution is -2.65. The van der Waals surface area contributed by atoms with E-state index in [-0.39, 0.29) is 47.8 Å². The van der Waals surface area contributed by atoms with Gasteiger partial charge in [0, 0.05) is 40.0 Å². The smallest absolute Gasteiger partial charge is 0.246 e. The highest BCUT2D eigenvalue weighted by Gasteiger charge is 2.46. The molecule has 0 saturated carbocycles. The molecule has 4 atom stereocenters. The number of piperazine rings is 2. The van der Waals surface area contributed by atoms with Crippen LogP contribution in [0.1, 0.15) is 49.7 Å². The van der Waals surface area contributed by atoms with Crippen molar-refractivity contribution in [3.63, 3.8) is 0 Å². The van der Waals surface area contributed by atoms with Crippen LogP contribution in [-0.4, -0.2) is 94.6 Å². The number of hydrogen-bond donors (Lipinski definition) is 0. The monoisotopic (exact) mass is 544 g/mol. The molecule has 2 aromatic carbocycles. The summed E-state index contributed by atoms with van der Waals surface area (Å²) in [6.07, 6.45) is 6.93. The molecular formula is C32H40N4O4. The van der Waals surface area contributed by atoms with Gasteiger partial charge in [0.2, 0.25) is 23.6 Å². The van der Waals surface area contributed by atoms with Crippen LogP contribution < -0.4 is 0 Å². The van der Waals surface area contributed by atoms with Gasteiger partial charge in [-0.1, -0.05) is 60.7 Å². The summed E-state index contributed by atoms with van der Waals surface area (Å²) in [6, 6.07) is 18.7. The first-order chi connectivity index (χ1) is 19.4. The molecule has 4 aliphatic heterocycles. The van der Waals surface area contributed by atoms with Crippen molar-refractivity contribution >= 4 is 23.6 Å². The molecule has 4 fully saturated rings. The van der Waals surface area contributed by atoms with Gasteiger partial charge in [0.15, 0.2) is 0 Å². The Labute approximate surface area is 236 Å². The van der Waals surface area contributed by atoms with Crippen molar-refractivity contribution in [3.05, 3.63) is 71.8 Å². The molecule has 0 unspecified atom stereocenters. The SMILES string of the molecule is CN1C(=O)[C@@H]2CCCCN2C(=O)[C@@H]1Cc1ccccc1.CN1C(=O)[C@@H]2CCCCN2C(=O)[C@@H]1Cc1ccccc1. The van der Waals surface area contributed by atoms with Crippen LogP contribution in [0.15, 0.2) is 60.7 Å². The molecule has 4 amide bonds. The van der Waals surface area contributed by atoms with Crippen molar-refractivity contribution in [3.8, 4) is 0 Å². The second-order valence-corrected chi connectivity index (χ2v) is 11.4. The lowest BCUT2D eigenvalue weighted by atomic mass is 9.93. The van der Waals surface area contributed by atoms with E-state index < -0.39 is 0 Å². The number of benzene rings is 2. The van der Waals surface area contributed by atoms with Gasteiger partial charge in [-0.2, -0.15) is 0 Å². The third-order valence-electron chi connectivity index (χ3n) is 8.89. The number of likely N-dealkylation sites (N-methyl/N-ethyl adjacent to an activating group) is 2. The van der Waals surface area contributed by atoms with Gasteiger partial charge in [0.05, 0.1) is 0 Å². The van der Waals surface area contributed by atoms with Gasteiger partial charge in [-0.05, 0) is 49.7 Å². The highest BCUT2D eigenvalue weighted by molar-refractivity contribution is 5.98. The van der Waals surface area contributed by atoms with Crippen molar-refractivity contribution in [2.24, 2.45) is 0 Å². The molecule has 4 heterocycles. The number of fused-ring (bicyclic) bond motifs is 2. The number of nitrogens with zero attached hydrogens (tertiary/aromatic N) is 4. The summed E-state index contributed by atoms with van der Waals surface area (Å²) in [6.45, 7) is 1.46. The zero-order valence-electron chi connectivity index (χ0n) is 23.6.